The van der Waals surface area contributed by atoms with Gasteiger partial charge in [0, 0.05) is 13.2 Å². The van der Waals surface area contributed by atoms with Gasteiger partial charge in [-0.25, -0.2) is 4.98 Å². The molecule has 1 heterocycles. The molecule has 4 aliphatic rings. The first-order chi connectivity index (χ1) is 9.24. The maximum absolute atomic E-state index is 5.90. The van der Waals surface area contributed by atoms with Crippen LogP contribution in [0.1, 0.15) is 43.6 Å². The van der Waals surface area contributed by atoms with Gasteiger partial charge in [-0.15, -0.1) is 0 Å². The summed E-state index contributed by atoms with van der Waals surface area (Å²) in [5.41, 5.74) is 8.32. The van der Waals surface area contributed by atoms with E-state index in [0.29, 0.717) is 5.82 Å². The van der Waals surface area contributed by atoms with E-state index in [0.717, 1.165) is 35.3 Å². The highest BCUT2D eigenvalue weighted by atomic mass is 14.9. The molecule has 0 aromatic carbocycles. The van der Waals surface area contributed by atoms with E-state index in [2.05, 4.69) is 16.4 Å². The first kappa shape index (κ1) is 11.6. The molecule has 1 aromatic heterocycles. The fraction of sp³-hybridized carbons (Fsp3) is 0.688. The molecule has 0 saturated heterocycles. The van der Waals surface area contributed by atoms with E-state index < -0.39 is 0 Å². The lowest BCUT2D eigenvalue weighted by atomic mass is 9.51. The molecule has 0 unspecified atom stereocenters. The number of nitrogen functional groups attached to an aromatic ring is 1. The Morgan fingerprint density at radius 1 is 1.11 bits per heavy atom. The topological polar surface area (TPSA) is 50.9 Å². The van der Waals surface area contributed by atoms with Gasteiger partial charge < -0.3 is 11.1 Å². The first-order valence-electron chi connectivity index (χ1n) is 7.67. The van der Waals surface area contributed by atoms with Crippen LogP contribution in [0.25, 0.3) is 0 Å². The SMILES string of the molecule is CNc1cc(C2C3CC4CC(C3)CC2C4)cnc1N. The Balaban J connectivity index is 1.69. The smallest absolute Gasteiger partial charge is 0.146 e. The lowest BCUT2D eigenvalue weighted by Gasteiger charge is -2.54. The van der Waals surface area contributed by atoms with Gasteiger partial charge in [0.15, 0.2) is 0 Å². The predicted octanol–water partition coefficient (Wildman–Crippen LogP) is 3.25. The number of aromatic nitrogens is 1. The summed E-state index contributed by atoms with van der Waals surface area (Å²) < 4.78 is 0. The summed E-state index contributed by atoms with van der Waals surface area (Å²) >= 11 is 0. The molecular weight excluding hydrogens is 234 g/mol. The van der Waals surface area contributed by atoms with Crippen molar-refractivity contribution in [2.75, 3.05) is 18.1 Å². The molecular formula is C16H23N3. The molecule has 1 aromatic rings. The van der Waals surface area contributed by atoms with Crippen molar-refractivity contribution in [2.45, 2.75) is 38.0 Å². The molecule has 0 atom stereocenters. The van der Waals surface area contributed by atoms with E-state index >= 15 is 0 Å². The normalized spacial score (nSPS) is 39.5. The van der Waals surface area contributed by atoms with Crippen LogP contribution in [0.3, 0.4) is 0 Å². The number of hydrogen-bond acceptors (Lipinski definition) is 3. The number of anilines is 2. The molecule has 4 bridgehead atoms. The number of pyridine rings is 1. The van der Waals surface area contributed by atoms with Gasteiger partial charge in [0.1, 0.15) is 5.82 Å². The van der Waals surface area contributed by atoms with Crippen LogP contribution in [-0.4, -0.2) is 12.0 Å². The maximum atomic E-state index is 5.90. The number of nitrogens with zero attached hydrogens (tertiary/aromatic N) is 1. The van der Waals surface area contributed by atoms with E-state index in [1.807, 2.05) is 13.2 Å². The Bertz CT molecular complexity index is 469. The Kier molecular flexibility index (Phi) is 2.51. The van der Waals surface area contributed by atoms with Crippen LogP contribution >= 0.6 is 0 Å². The minimum atomic E-state index is 0.620. The summed E-state index contributed by atoms with van der Waals surface area (Å²) in [4.78, 5) is 4.40. The van der Waals surface area contributed by atoms with Crippen LogP contribution in [-0.2, 0) is 0 Å². The minimum absolute atomic E-state index is 0.620. The van der Waals surface area contributed by atoms with Crippen LogP contribution in [0.2, 0.25) is 0 Å². The average Bonchev–Trinajstić information content (AvgIpc) is 2.39. The summed E-state index contributed by atoms with van der Waals surface area (Å²) in [5, 5.41) is 3.17. The largest absolute Gasteiger partial charge is 0.385 e. The van der Waals surface area contributed by atoms with Crippen molar-refractivity contribution in [1.29, 1.82) is 0 Å². The summed E-state index contributed by atoms with van der Waals surface area (Å²) in [7, 11) is 1.92. The number of nitrogens with one attached hydrogen (secondary N) is 1. The molecule has 5 rings (SSSR count). The third kappa shape index (κ3) is 1.74. The molecule has 0 spiro atoms. The predicted molar refractivity (Wildman–Crippen MR) is 78.0 cm³/mol. The zero-order valence-corrected chi connectivity index (χ0v) is 11.6. The highest BCUT2D eigenvalue weighted by Gasteiger charge is 2.48. The van der Waals surface area contributed by atoms with Gasteiger partial charge >= 0.3 is 0 Å². The third-order valence-corrected chi connectivity index (χ3v) is 5.82. The average molecular weight is 257 g/mol. The van der Waals surface area contributed by atoms with Crippen molar-refractivity contribution in [1.82, 2.24) is 4.98 Å². The van der Waals surface area contributed by atoms with Gasteiger partial charge in [0.2, 0.25) is 0 Å². The Morgan fingerprint density at radius 3 is 2.32 bits per heavy atom. The second kappa shape index (κ2) is 4.12. The molecule has 4 aliphatic carbocycles. The van der Waals surface area contributed by atoms with Crippen molar-refractivity contribution in [2.24, 2.45) is 23.7 Å². The summed E-state index contributed by atoms with van der Waals surface area (Å²) in [5.74, 6) is 5.24. The third-order valence-electron chi connectivity index (χ3n) is 5.82. The van der Waals surface area contributed by atoms with Gasteiger partial charge in [0.25, 0.3) is 0 Å². The summed E-state index contributed by atoms with van der Waals surface area (Å²) in [6, 6.07) is 2.25. The first-order valence-corrected chi connectivity index (χ1v) is 7.67. The van der Waals surface area contributed by atoms with Gasteiger partial charge in [-0.1, -0.05) is 0 Å². The van der Waals surface area contributed by atoms with Crippen LogP contribution in [0.15, 0.2) is 12.3 Å². The zero-order chi connectivity index (χ0) is 13.0. The fourth-order valence-electron chi connectivity index (χ4n) is 5.34. The molecule has 3 nitrogen and oxygen atoms in total. The van der Waals surface area contributed by atoms with Crippen LogP contribution < -0.4 is 11.1 Å². The highest BCUT2D eigenvalue weighted by Crippen LogP contribution is 2.59. The van der Waals surface area contributed by atoms with Crippen LogP contribution in [0.4, 0.5) is 11.5 Å². The Morgan fingerprint density at radius 2 is 1.74 bits per heavy atom. The van der Waals surface area contributed by atoms with E-state index in [1.165, 1.54) is 37.7 Å². The monoisotopic (exact) mass is 257 g/mol. The molecule has 0 radical (unpaired) electrons. The van der Waals surface area contributed by atoms with Crippen molar-refractivity contribution >= 4 is 11.5 Å². The molecule has 4 saturated carbocycles. The Hall–Kier alpha value is -1.25. The van der Waals surface area contributed by atoms with Crippen molar-refractivity contribution in [3.63, 3.8) is 0 Å². The molecule has 3 N–H and O–H groups in total. The summed E-state index contributed by atoms with van der Waals surface area (Å²) in [6.07, 6.45) is 9.37. The molecule has 4 fully saturated rings. The Labute approximate surface area is 115 Å². The second-order valence-electron chi connectivity index (χ2n) is 6.91. The standard InChI is InChI=1S/C16H23N3/c1-18-14-7-13(8-19-16(14)17)15-11-3-9-2-10(5-11)6-12(15)4-9/h7-12,15,18H,2-6H2,1H3,(H2,17,19). The molecule has 3 heteroatoms. The van der Waals surface area contributed by atoms with Crippen molar-refractivity contribution < 1.29 is 0 Å². The molecule has 0 amide bonds. The van der Waals surface area contributed by atoms with E-state index in [1.54, 1.807) is 0 Å². The van der Waals surface area contributed by atoms with Crippen LogP contribution in [0, 0.1) is 23.7 Å². The zero-order valence-electron chi connectivity index (χ0n) is 11.6. The fourth-order valence-corrected chi connectivity index (χ4v) is 5.34. The molecule has 19 heavy (non-hydrogen) atoms. The number of hydrogen-bond donors (Lipinski definition) is 2. The maximum Gasteiger partial charge on any atom is 0.146 e. The van der Waals surface area contributed by atoms with Gasteiger partial charge in [-0.05, 0) is 73.3 Å². The molecule has 102 valence electrons. The van der Waals surface area contributed by atoms with Gasteiger partial charge in [0.05, 0.1) is 5.69 Å². The number of nitrogens with two attached hydrogens (primary N) is 1. The molecule has 0 aliphatic heterocycles. The van der Waals surface area contributed by atoms with Crippen molar-refractivity contribution in [3.05, 3.63) is 17.8 Å². The van der Waals surface area contributed by atoms with Crippen molar-refractivity contribution in [3.8, 4) is 0 Å². The van der Waals surface area contributed by atoms with E-state index in [9.17, 15) is 0 Å². The number of rotatable bonds is 2. The van der Waals surface area contributed by atoms with E-state index in [4.69, 9.17) is 5.73 Å². The summed E-state index contributed by atoms with van der Waals surface area (Å²) in [6.45, 7) is 0. The van der Waals surface area contributed by atoms with Gasteiger partial charge in [-0.2, -0.15) is 0 Å². The minimum Gasteiger partial charge on any atom is -0.385 e. The quantitative estimate of drug-likeness (QED) is 0.855. The van der Waals surface area contributed by atoms with E-state index in [-0.39, 0.29) is 0 Å². The lowest BCUT2D eigenvalue weighted by Crippen LogP contribution is -2.43. The lowest BCUT2D eigenvalue weighted by molar-refractivity contribution is -0.00285. The highest BCUT2D eigenvalue weighted by molar-refractivity contribution is 5.62. The van der Waals surface area contributed by atoms with Crippen LogP contribution in [0.5, 0.6) is 0 Å². The van der Waals surface area contributed by atoms with Gasteiger partial charge in [-0.3, -0.25) is 0 Å². The second-order valence-corrected chi connectivity index (χ2v) is 6.91.